The van der Waals surface area contributed by atoms with Crippen LogP contribution in [0.1, 0.15) is 72.1 Å². The molecule has 2 heterocycles. The summed E-state index contributed by atoms with van der Waals surface area (Å²) in [6.07, 6.45) is 10.5. The maximum Gasteiger partial charge on any atom is 0.316 e. The highest BCUT2D eigenvalue weighted by Gasteiger charge is 2.47. The first-order chi connectivity index (χ1) is 20.6. The van der Waals surface area contributed by atoms with E-state index < -0.39 is 21.0 Å². The third kappa shape index (κ3) is 12.0. The van der Waals surface area contributed by atoms with Crippen molar-refractivity contribution in [2.75, 3.05) is 44.0 Å². The lowest BCUT2D eigenvalue weighted by atomic mass is 9.69. The van der Waals surface area contributed by atoms with Gasteiger partial charge in [0.2, 0.25) is 5.88 Å². The molecule has 0 amide bonds. The Kier molecular flexibility index (Phi) is 14.6. The molecule has 2 aromatic heterocycles. The zero-order chi connectivity index (χ0) is 32.5. The third-order valence-corrected chi connectivity index (χ3v) is 10.3. The second-order valence-electron chi connectivity index (χ2n) is 13.1. The van der Waals surface area contributed by atoms with Crippen molar-refractivity contribution in [1.29, 1.82) is 0 Å². The molecule has 252 valence electrons. The molecule has 0 spiro atoms. The molecule has 1 aliphatic carbocycles. The molecule has 0 aliphatic heterocycles. The summed E-state index contributed by atoms with van der Waals surface area (Å²) in [4.78, 5) is 30.6. The number of hydrogen-bond acceptors (Lipinski definition) is 8. The smallest absolute Gasteiger partial charge is 0.316 e. The monoisotopic (exact) mass is 757 g/mol. The predicted octanol–water partition coefficient (Wildman–Crippen LogP) is 6.51. The average molecular weight is 758 g/mol. The molecular formula is C33H52IN5O5S. The molecule has 1 saturated carbocycles. The van der Waals surface area contributed by atoms with Crippen molar-refractivity contribution in [1.82, 2.24) is 9.97 Å². The molecule has 0 saturated heterocycles. The highest BCUT2D eigenvalue weighted by molar-refractivity contribution is 14.0. The number of carbonyl (C=O) groups is 1. The highest BCUT2D eigenvalue weighted by Crippen LogP contribution is 2.43. The van der Waals surface area contributed by atoms with E-state index in [1.54, 1.807) is 18.5 Å². The Morgan fingerprint density at radius 2 is 1.87 bits per heavy atom. The van der Waals surface area contributed by atoms with E-state index >= 15 is 0 Å². The molecule has 0 atom stereocenters. The van der Waals surface area contributed by atoms with Gasteiger partial charge in [-0.3, -0.25) is 9.78 Å². The van der Waals surface area contributed by atoms with Gasteiger partial charge in [-0.25, -0.2) is 20.0 Å². The van der Waals surface area contributed by atoms with Crippen LogP contribution in [-0.4, -0.2) is 83.5 Å². The van der Waals surface area contributed by atoms with Gasteiger partial charge in [0, 0.05) is 35.3 Å². The van der Waals surface area contributed by atoms with E-state index in [1.165, 1.54) is 5.75 Å². The minimum atomic E-state index is -0.624. The molecule has 12 heteroatoms. The second-order valence-corrected chi connectivity index (χ2v) is 17.6. The van der Waals surface area contributed by atoms with Gasteiger partial charge in [-0.1, -0.05) is 19.4 Å². The average Bonchev–Trinajstić information content (AvgIpc) is 2.91. The topological polar surface area (TPSA) is 131 Å². The van der Waals surface area contributed by atoms with Crippen LogP contribution in [0.4, 0.5) is 0 Å². The Morgan fingerprint density at radius 1 is 1.16 bits per heavy atom. The molecule has 45 heavy (non-hydrogen) atoms. The lowest BCUT2D eigenvalue weighted by molar-refractivity contribution is -0.176. The number of aryl methyl sites for hydroxylation is 1. The zero-order valence-corrected chi connectivity index (χ0v) is 31.5. The minimum Gasteiger partial charge on any atom is -0.476 e. The highest BCUT2D eigenvalue weighted by atomic mass is 127. The van der Waals surface area contributed by atoms with Crippen LogP contribution in [0, 0.1) is 12.3 Å². The molecule has 0 unspecified atom stereocenters. The minimum absolute atomic E-state index is 0. The standard InChI is InChI=1S/C33H51N5O5S.HI/c1-10-44(8,9)17-16-40-22-37-31(42-23(2)3)38-29(34)27-13-12-25(19-35-27)26-20-36-28(18-24(26)4)41-21-33(14-11-15-33)30(39)43-32(5,6)7;/h12-13,18-20,23H,10-11,14-17,21-22H2,1-9H3,(H2,34,37,38);1H. The Labute approximate surface area is 287 Å². The van der Waals surface area contributed by atoms with E-state index in [-0.39, 0.29) is 61.2 Å². The van der Waals surface area contributed by atoms with Crippen molar-refractivity contribution in [3.63, 3.8) is 0 Å². The number of carbonyl (C=O) groups excluding carboxylic acids is 1. The number of amidine groups is 2. The first-order valence-electron chi connectivity index (χ1n) is 15.2. The van der Waals surface area contributed by atoms with Gasteiger partial charge in [0.25, 0.3) is 0 Å². The van der Waals surface area contributed by atoms with Crippen LogP contribution in [0.15, 0.2) is 40.6 Å². The molecule has 2 N–H and O–H groups in total. The summed E-state index contributed by atoms with van der Waals surface area (Å²) in [6, 6.07) is 5.76. The predicted molar refractivity (Wildman–Crippen MR) is 195 cm³/mol. The van der Waals surface area contributed by atoms with Gasteiger partial charge < -0.3 is 24.7 Å². The van der Waals surface area contributed by atoms with Crippen molar-refractivity contribution < 1.29 is 23.7 Å². The second kappa shape index (κ2) is 16.9. The van der Waals surface area contributed by atoms with Crippen LogP contribution in [0.3, 0.4) is 0 Å². The number of nitrogens with two attached hydrogens (primary N) is 1. The number of esters is 1. The van der Waals surface area contributed by atoms with Crippen LogP contribution in [0.2, 0.25) is 0 Å². The van der Waals surface area contributed by atoms with Crippen molar-refractivity contribution in [2.45, 2.75) is 79.4 Å². The fourth-order valence-electron chi connectivity index (χ4n) is 4.29. The number of pyridine rings is 2. The van der Waals surface area contributed by atoms with E-state index in [0.29, 0.717) is 18.2 Å². The van der Waals surface area contributed by atoms with Crippen molar-refractivity contribution in [2.24, 2.45) is 21.1 Å². The lowest BCUT2D eigenvalue weighted by Crippen LogP contribution is -2.46. The fraction of sp³-hybridized carbons (Fsp3) is 0.606. The van der Waals surface area contributed by atoms with Gasteiger partial charge in [0.05, 0.1) is 12.7 Å². The molecule has 1 fully saturated rings. The maximum atomic E-state index is 12.8. The van der Waals surface area contributed by atoms with E-state index in [4.69, 9.17) is 24.7 Å². The van der Waals surface area contributed by atoms with Gasteiger partial charge in [-0.15, -0.1) is 24.0 Å². The number of nitrogens with zero attached hydrogens (tertiary/aromatic N) is 4. The Balaban J connectivity index is 0.00000705. The molecule has 10 nitrogen and oxygen atoms in total. The third-order valence-electron chi connectivity index (χ3n) is 7.47. The quantitative estimate of drug-likeness (QED) is 0.0806. The van der Waals surface area contributed by atoms with E-state index in [0.717, 1.165) is 41.7 Å². The van der Waals surface area contributed by atoms with E-state index in [2.05, 4.69) is 39.4 Å². The molecule has 2 aromatic rings. The summed E-state index contributed by atoms with van der Waals surface area (Å²) in [6.45, 7) is 14.7. The molecular weight excluding hydrogens is 705 g/mol. The summed E-state index contributed by atoms with van der Waals surface area (Å²) in [5.74, 6) is 2.66. The van der Waals surface area contributed by atoms with Crippen molar-refractivity contribution in [3.8, 4) is 17.0 Å². The normalized spacial score (nSPS) is 15.6. The molecule has 0 radical (unpaired) electrons. The number of aromatic nitrogens is 2. The molecule has 0 bridgehead atoms. The number of hydrogen-bond donors (Lipinski definition) is 1. The Hall–Kier alpha value is -2.45. The summed E-state index contributed by atoms with van der Waals surface area (Å²) in [5, 5.41) is 0. The first kappa shape index (κ1) is 38.7. The Morgan fingerprint density at radius 3 is 2.40 bits per heavy atom. The van der Waals surface area contributed by atoms with Crippen LogP contribution in [-0.2, 0) is 19.0 Å². The molecule has 0 aromatic carbocycles. The summed E-state index contributed by atoms with van der Waals surface area (Å²) in [7, 11) is -0.624. The number of halogens is 1. The van der Waals surface area contributed by atoms with Crippen LogP contribution in [0.25, 0.3) is 11.1 Å². The van der Waals surface area contributed by atoms with Crippen LogP contribution >= 0.6 is 34.0 Å². The van der Waals surface area contributed by atoms with Gasteiger partial charge in [-0.2, -0.15) is 4.99 Å². The number of ether oxygens (including phenoxy) is 4. The van der Waals surface area contributed by atoms with Crippen LogP contribution in [0.5, 0.6) is 5.88 Å². The zero-order valence-electron chi connectivity index (χ0n) is 28.3. The van der Waals surface area contributed by atoms with Crippen molar-refractivity contribution >= 4 is 51.8 Å². The molecule has 3 rings (SSSR count). The van der Waals surface area contributed by atoms with Gasteiger partial charge >= 0.3 is 12.0 Å². The maximum absolute atomic E-state index is 12.8. The summed E-state index contributed by atoms with van der Waals surface area (Å²) in [5.41, 5.74) is 8.40. The number of aliphatic imine (C=N–C) groups is 2. The largest absolute Gasteiger partial charge is 0.476 e. The van der Waals surface area contributed by atoms with Gasteiger partial charge in [0.15, 0.2) is 5.84 Å². The SMILES string of the molecule is CCS(C)(C)CCOC/N=C(/N=C(\N)c1ccc(-c2cnc(OCC3(C(=O)OC(C)(C)C)CCC3)cc2C)cn1)OC(C)C.I. The van der Waals surface area contributed by atoms with Gasteiger partial charge in [0.1, 0.15) is 30.0 Å². The first-order valence-corrected chi connectivity index (χ1v) is 18.0. The Bertz CT molecular complexity index is 1320. The van der Waals surface area contributed by atoms with Gasteiger partial charge in [-0.05, 0) is 84.3 Å². The summed E-state index contributed by atoms with van der Waals surface area (Å²) >= 11 is 0. The number of rotatable bonds is 13. The molecule has 1 aliphatic rings. The van der Waals surface area contributed by atoms with Crippen molar-refractivity contribution in [3.05, 3.63) is 41.9 Å². The van der Waals surface area contributed by atoms with E-state index in [1.807, 2.05) is 53.7 Å². The lowest BCUT2D eigenvalue weighted by Gasteiger charge is -2.40. The van der Waals surface area contributed by atoms with Crippen LogP contribution < -0.4 is 10.5 Å². The van der Waals surface area contributed by atoms with E-state index in [9.17, 15) is 4.79 Å². The summed E-state index contributed by atoms with van der Waals surface area (Å²) < 4.78 is 23.1. The fourth-order valence-corrected chi connectivity index (χ4v) is 5.15.